The van der Waals surface area contributed by atoms with Crippen molar-refractivity contribution < 1.29 is 28.6 Å². The molecule has 0 bridgehead atoms. The Balaban J connectivity index is 1.53. The van der Waals surface area contributed by atoms with Crippen molar-refractivity contribution in [2.45, 2.75) is 26.1 Å². The Hall–Kier alpha value is -4.85. The molecule has 3 heterocycles. The molecular formula is C30H26N2O6. The van der Waals surface area contributed by atoms with Crippen molar-refractivity contribution in [2.24, 2.45) is 0 Å². The summed E-state index contributed by atoms with van der Waals surface area (Å²) in [5.74, 6) is -0.796. The van der Waals surface area contributed by atoms with Gasteiger partial charge in [-0.15, -0.1) is 0 Å². The van der Waals surface area contributed by atoms with Crippen LogP contribution in [0.2, 0.25) is 0 Å². The van der Waals surface area contributed by atoms with Crippen LogP contribution in [-0.2, 0) is 17.9 Å². The number of aromatic nitrogens is 1. The molecular weight excluding hydrogens is 484 g/mol. The Morgan fingerprint density at radius 2 is 1.76 bits per heavy atom. The summed E-state index contributed by atoms with van der Waals surface area (Å²) in [6, 6.07) is 20.8. The van der Waals surface area contributed by atoms with Crippen molar-refractivity contribution >= 4 is 11.7 Å². The predicted molar refractivity (Wildman–Crippen MR) is 139 cm³/mol. The summed E-state index contributed by atoms with van der Waals surface area (Å²) < 4.78 is 17.2. The third-order valence-electron chi connectivity index (χ3n) is 6.22. The molecule has 1 aliphatic heterocycles. The highest BCUT2D eigenvalue weighted by atomic mass is 16.5. The maximum Gasteiger partial charge on any atom is 0.290 e. The third kappa shape index (κ3) is 5.01. The summed E-state index contributed by atoms with van der Waals surface area (Å²) in [4.78, 5) is 32.2. The molecule has 2 aromatic carbocycles. The number of pyridine rings is 1. The molecule has 5 rings (SSSR count). The maximum atomic E-state index is 13.4. The van der Waals surface area contributed by atoms with Gasteiger partial charge in [-0.3, -0.25) is 14.6 Å². The van der Waals surface area contributed by atoms with E-state index in [1.54, 1.807) is 48.8 Å². The molecule has 1 amide bonds. The van der Waals surface area contributed by atoms with Crippen molar-refractivity contribution in [3.8, 4) is 11.5 Å². The number of ether oxygens (including phenoxy) is 2. The summed E-state index contributed by atoms with van der Waals surface area (Å²) in [5, 5.41) is 10.9. The quantitative estimate of drug-likeness (QED) is 0.284. The molecule has 0 fully saturated rings. The number of carbonyl (C=O) groups is 2. The van der Waals surface area contributed by atoms with Crippen molar-refractivity contribution in [3.63, 3.8) is 0 Å². The van der Waals surface area contributed by atoms with Crippen LogP contribution in [0, 0.1) is 0 Å². The Kier molecular flexibility index (Phi) is 7.21. The van der Waals surface area contributed by atoms with Crippen LogP contribution in [0.4, 0.5) is 0 Å². The van der Waals surface area contributed by atoms with Crippen LogP contribution in [0.3, 0.4) is 0 Å². The van der Waals surface area contributed by atoms with Gasteiger partial charge in [0.2, 0.25) is 5.78 Å². The average molecular weight is 511 g/mol. The molecule has 38 heavy (non-hydrogen) atoms. The minimum atomic E-state index is -0.879. The van der Waals surface area contributed by atoms with Gasteiger partial charge in [0.1, 0.15) is 6.61 Å². The number of furan rings is 1. The fourth-order valence-corrected chi connectivity index (χ4v) is 4.44. The van der Waals surface area contributed by atoms with E-state index >= 15 is 0 Å². The first-order valence-corrected chi connectivity index (χ1v) is 12.2. The van der Waals surface area contributed by atoms with Crippen molar-refractivity contribution in [1.82, 2.24) is 9.88 Å². The molecule has 0 aliphatic carbocycles. The second-order valence-corrected chi connectivity index (χ2v) is 8.67. The molecule has 0 saturated heterocycles. The number of aliphatic hydroxyl groups is 1. The molecule has 1 atom stereocenters. The van der Waals surface area contributed by atoms with Gasteiger partial charge < -0.3 is 23.9 Å². The molecule has 0 saturated carbocycles. The molecule has 8 heteroatoms. The smallest absolute Gasteiger partial charge is 0.290 e. The van der Waals surface area contributed by atoms with Gasteiger partial charge in [0.25, 0.3) is 5.91 Å². The zero-order valence-corrected chi connectivity index (χ0v) is 20.7. The van der Waals surface area contributed by atoms with E-state index in [4.69, 9.17) is 13.9 Å². The molecule has 1 unspecified atom stereocenters. The Bertz CT molecular complexity index is 1450. The minimum absolute atomic E-state index is 0.0305. The van der Waals surface area contributed by atoms with E-state index in [0.717, 1.165) is 11.1 Å². The number of ketones is 1. The molecule has 1 N–H and O–H groups in total. The Morgan fingerprint density at radius 1 is 0.974 bits per heavy atom. The highest BCUT2D eigenvalue weighted by molar-refractivity contribution is 6.15. The maximum absolute atomic E-state index is 13.4. The molecule has 1 aliphatic rings. The first-order valence-electron chi connectivity index (χ1n) is 12.2. The number of rotatable bonds is 10. The van der Waals surface area contributed by atoms with Gasteiger partial charge in [0.05, 0.1) is 24.5 Å². The summed E-state index contributed by atoms with van der Waals surface area (Å²) in [6.07, 6.45) is 4.62. The number of carbonyl (C=O) groups excluding carboxylic acids is 2. The van der Waals surface area contributed by atoms with E-state index in [0.29, 0.717) is 30.3 Å². The number of amides is 1. The van der Waals surface area contributed by atoms with Crippen LogP contribution in [0.5, 0.6) is 11.5 Å². The van der Waals surface area contributed by atoms with E-state index in [9.17, 15) is 14.7 Å². The third-order valence-corrected chi connectivity index (χ3v) is 6.22. The van der Waals surface area contributed by atoms with Crippen LogP contribution in [-0.4, -0.2) is 33.3 Å². The lowest BCUT2D eigenvalue weighted by atomic mass is 9.94. The lowest BCUT2D eigenvalue weighted by molar-refractivity contribution is -0.130. The van der Waals surface area contributed by atoms with Crippen molar-refractivity contribution in [1.29, 1.82) is 0 Å². The molecule has 0 radical (unpaired) electrons. The Morgan fingerprint density at radius 3 is 2.47 bits per heavy atom. The van der Waals surface area contributed by atoms with E-state index in [1.165, 1.54) is 17.2 Å². The number of benzene rings is 2. The fraction of sp³-hybridized carbons (Fsp3) is 0.167. The largest absolute Gasteiger partial charge is 0.503 e. The topological polar surface area (TPSA) is 102 Å². The van der Waals surface area contributed by atoms with Gasteiger partial charge in [-0.1, -0.05) is 36.4 Å². The highest BCUT2D eigenvalue weighted by Gasteiger charge is 2.44. The normalized spacial score (nSPS) is 15.1. The van der Waals surface area contributed by atoms with Gasteiger partial charge in [-0.05, 0) is 60.0 Å². The van der Waals surface area contributed by atoms with Gasteiger partial charge >= 0.3 is 0 Å². The predicted octanol–water partition coefficient (Wildman–Crippen LogP) is 5.43. The number of hydrogen-bond donors (Lipinski definition) is 1. The van der Waals surface area contributed by atoms with Gasteiger partial charge in [0, 0.05) is 18.9 Å². The molecule has 0 spiro atoms. The van der Waals surface area contributed by atoms with Gasteiger partial charge in [-0.2, -0.15) is 0 Å². The van der Waals surface area contributed by atoms with Gasteiger partial charge in [0.15, 0.2) is 23.0 Å². The SMILES string of the molecule is CCOc1cc(C2C(C(=O)c3ccco3)=C(O)C(=O)N2Cc2ccncc2)ccc1OCc1ccccc1. The van der Waals surface area contributed by atoms with Crippen LogP contribution < -0.4 is 9.47 Å². The minimum Gasteiger partial charge on any atom is -0.503 e. The van der Waals surface area contributed by atoms with Crippen LogP contribution in [0.25, 0.3) is 0 Å². The van der Waals surface area contributed by atoms with Crippen LogP contribution in [0.1, 0.15) is 40.2 Å². The number of hydrogen-bond acceptors (Lipinski definition) is 7. The molecule has 4 aromatic rings. The summed E-state index contributed by atoms with van der Waals surface area (Å²) in [5.41, 5.74) is 2.33. The van der Waals surface area contributed by atoms with Crippen LogP contribution >= 0.6 is 0 Å². The fourth-order valence-electron chi connectivity index (χ4n) is 4.44. The van der Waals surface area contributed by atoms with E-state index in [2.05, 4.69) is 4.98 Å². The van der Waals surface area contributed by atoms with E-state index < -0.39 is 23.5 Å². The average Bonchev–Trinajstić information content (AvgIpc) is 3.57. The summed E-state index contributed by atoms with van der Waals surface area (Å²) >= 11 is 0. The van der Waals surface area contributed by atoms with Crippen molar-refractivity contribution in [3.05, 3.63) is 125 Å². The van der Waals surface area contributed by atoms with Gasteiger partial charge in [-0.25, -0.2) is 0 Å². The van der Waals surface area contributed by atoms with E-state index in [-0.39, 0.29) is 17.9 Å². The monoisotopic (exact) mass is 510 g/mol. The summed E-state index contributed by atoms with van der Waals surface area (Å²) in [6.45, 7) is 2.75. The molecule has 8 nitrogen and oxygen atoms in total. The second kappa shape index (κ2) is 11.0. The zero-order chi connectivity index (χ0) is 26.5. The van der Waals surface area contributed by atoms with Crippen LogP contribution in [0.15, 0.2) is 107 Å². The second-order valence-electron chi connectivity index (χ2n) is 8.67. The zero-order valence-electron chi connectivity index (χ0n) is 20.7. The Labute approximate surface area is 219 Å². The number of aliphatic hydroxyl groups excluding tert-OH is 1. The van der Waals surface area contributed by atoms with Crippen molar-refractivity contribution in [2.75, 3.05) is 6.61 Å². The molecule has 2 aromatic heterocycles. The summed E-state index contributed by atoms with van der Waals surface area (Å²) in [7, 11) is 0. The van der Waals surface area contributed by atoms with E-state index in [1.807, 2.05) is 37.3 Å². The first-order chi connectivity index (χ1) is 18.6. The lowest BCUT2D eigenvalue weighted by Crippen LogP contribution is -2.30. The highest BCUT2D eigenvalue weighted by Crippen LogP contribution is 2.42. The molecule has 192 valence electrons. The first kappa shape index (κ1) is 24.8. The lowest BCUT2D eigenvalue weighted by Gasteiger charge is -2.27. The number of nitrogens with zero attached hydrogens (tertiary/aromatic N) is 2. The standard InChI is InChI=1S/C30H26N2O6/c1-2-36-25-17-22(10-11-23(25)38-19-21-7-4-3-5-8-21)27-26(28(33)24-9-6-16-37-24)29(34)30(35)32(27)18-20-12-14-31-15-13-20/h3-17,27,34H,2,18-19H2,1H3. The number of Topliss-reactive ketones (excluding diaryl/α,β-unsaturated/α-hetero) is 1.